The first-order chi connectivity index (χ1) is 12.8. The lowest BCUT2D eigenvalue weighted by atomic mass is 10.2. The molecule has 1 aromatic carbocycles. The molecule has 0 unspecified atom stereocenters. The van der Waals surface area contributed by atoms with Crippen LogP contribution in [-0.4, -0.2) is 25.8 Å². The molecule has 0 atom stereocenters. The summed E-state index contributed by atoms with van der Waals surface area (Å²) in [6.07, 6.45) is 1.76. The third kappa shape index (κ3) is 3.61. The number of aryl methyl sites for hydroxylation is 2. The molecule has 0 spiro atoms. The summed E-state index contributed by atoms with van der Waals surface area (Å²) < 4.78 is 17.7. The zero-order valence-electron chi connectivity index (χ0n) is 14.8. The van der Waals surface area contributed by atoms with E-state index < -0.39 is 5.82 Å². The fourth-order valence-electron chi connectivity index (χ4n) is 2.87. The molecule has 0 fully saturated rings. The number of pyridine rings is 1. The number of rotatable bonds is 5. The second kappa shape index (κ2) is 7.77. The molecule has 0 aliphatic rings. The van der Waals surface area contributed by atoms with Crippen LogP contribution in [0.2, 0.25) is 0 Å². The van der Waals surface area contributed by atoms with Crippen LogP contribution in [0.3, 0.4) is 0 Å². The Kier molecular flexibility index (Phi) is 5.61. The van der Waals surface area contributed by atoms with Crippen LogP contribution >= 0.6 is 22.6 Å². The van der Waals surface area contributed by atoms with Gasteiger partial charge in [-0.2, -0.15) is 0 Å². The summed E-state index contributed by atoms with van der Waals surface area (Å²) in [6, 6.07) is 4.63. The van der Waals surface area contributed by atoms with Gasteiger partial charge < -0.3 is 10.4 Å². The van der Waals surface area contributed by atoms with Crippen molar-refractivity contribution in [3.8, 4) is 0 Å². The summed E-state index contributed by atoms with van der Waals surface area (Å²) in [5, 5.41) is 12.1. The fourth-order valence-corrected chi connectivity index (χ4v) is 3.33. The van der Waals surface area contributed by atoms with Crippen molar-refractivity contribution in [3.05, 3.63) is 60.2 Å². The van der Waals surface area contributed by atoms with E-state index in [1.54, 1.807) is 19.1 Å². The lowest BCUT2D eigenvalue weighted by molar-refractivity contribution is 0.279. The number of nitrogens with zero attached hydrogens (tertiary/aromatic N) is 3. The van der Waals surface area contributed by atoms with Gasteiger partial charge in [0, 0.05) is 29.3 Å². The van der Waals surface area contributed by atoms with E-state index in [1.807, 2.05) is 22.6 Å². The SMILES string of the molecule is Cc1c(=O)n(C)c(Nc2ccc(I)cc2F)c2c(=O)n(CCCO)cnc12. The van der Waals surface area contributed by atoms with Crippen LogP contribution in [0.5, 0.6) is 0 Å². The van der Waals surface area contributed by atoms with Gasteiger partial charge in [0.25, 0.3) is 11.1 Å². The Morgan fingerprint density at radius 1 is 1.30 bits per heavy atom. The first-order valence-corrected chi connectivity index (χ1v) is 9.34. The largest absolute Gasteiger partial charge is 0.396 e. The Morgan fingerprint density at radius 3 is 2.70 bits per heavy atom. The number of hydrogen-bond acceptors (Lipinski definition) is 5. The molecule has 0 bridgehead atoms. The molecular weight excluding hydrogens is 466 g/mol. The second-order valence-corrected chi connectivity index (χ2v) is 7.38. The standard InChI is InChI=1S/C18H18FIN4O3/c1-10-15-14(18(27)24(9-21-15)6-3-7-25)16(23(2)17(10)26)22-13-5-4-11(20)8-12(13)19/h4-5,8-9,22,25H,3,6-7H2,1-2H3. The Bertz CT molecular complexity index is 1140. The van der Waals surface area contributed by atoms with E-state index in [-0.39, 0.29) is 46.7 Å². The predicted molar refractivity (Wildman–Crippen MR) is 110 cm³/mol. The van der Waals surface area contributed by atoms with Crippen LogP contribution in [0.15, 0.2) is 34.1 Å². The normalized spacial score (nSPS) is 11.1. The maximum atomic E-state index is 14.3. The van der Waals surface area contributed by atoms with Crippen LogP contribution in [0.1, 0.15) is 12.0 Å². The van der Waals surface area contributed by atoms with Gasteiger partial charge in [-0.25, -0.2) is 9.37 Å². The topological polar surface area (TPSA) is 89.2 Å². The van der Waals surface area contributed by atoms with Gasteiger partial charge in [-0.15, -0.1) is 0 Å². The highest BCUT2D eigenvalue weighted by molar-refractivity contribution is 14.1. The molecule has 3 rings (SSSR count). The number of nitrogens with one attached hydrogen (secondary N) is 1. The molecule has 9 heteroatoms. The zero-order valence-corrected chi connectivity index (χ0v) is 16.9. The van der Waals surface area contributed by atoms with Gasteiger partial charge >= 0.3 is 0 Å². The molecule has 2 aromatic heterocycles. The van der Waals surface area contributed by atoms with Crippen LogP contribution < -0.4 is 16.4 Å². The number of anilines is 2. The van der Waals surface area contributed by atoms with Gasteiger partial charge in [0.1, 0.15) is 17.0 Å². The van der Waals surface area contributed by atoms with Gasteiger partial charge in [-0.3, -0.25) is 18.7 Å². The van der Waals surface area contributed by atoms with Crippen molar-refractivity contribution in [2.24, 2.45) is 7.05 Å². The van der Waals surface area contributed by atoms with Crippen LogP contribution in [0.25, 0.3) is 10.9 Å². The summed E-state index contributed by atoms with van der Waals surface area (Å²) in [5.74, 6) is -0.316. The van der Waals surface area contributed by atoms with Crippen molar-refractivity contribution in [1.82, 2.24) is 14.1 Å². The Balaban J connectivity index is 2.29. The molecule has 0 radical (unpaired) electrons. The smallest absolute Gasteiger partial charge is 0.264 e. The minimum absolute atomic E-state index is 0.0598. The number of aliphatic hydroxyl groups excluding tert-OH is 1. The number of halogens is 2. The number of aliphatic hydroxyl groups is 1. The van der Waals surface area contributed by atoms with E-state index in [4.69, 9.17) is 5.11 Å². The van der Waals surface area contributed by atoms with E-state index in [0.717, 1.165) is 3.57 Å². The summed E-state index contributed by atoms with van der Waals surface area (Å²) in [7, 11) is 1.52. The minimum Gasteiger partial charge on any atom is -0.396 e. The number of hydrogen-bond donors (Lipinski definition) is 2. The molecule has 0 aliphatic carbocycles. The highest BCUT2D eigenvalue weighted by Crippen LogP contribution is 2.25. The van der Waals surface area contributed by atoms with E-state index in [2.05, 4.69) is 10.3 Å². The molecule has 2 heterocycles. The van der Waals surface area contributed by atoms with Crippen molar-refractivity contribution >= 4 is 45.0 Å². The quantitative estimate of drug-likeness (QED) is 0.543. The van der Waals surface area contributed by atoms with Crippen molar-refractivity contribution in [3.63, 3.8) is 0 Å². The van der Waals surface area contributed by atoms with E-state index in [1.165, 1.54) is 28.6 Å². The molecular formula is C18H18FIN4O3. The van der Waals surface area contributed by atoms with Crippen molar-refractivity contribution in [1.29, 1.82) is 0 Å². The van der Waals surface area contributed by atoms with Crippen LogP contribution in [-0.2, 0) is 13.6 Å². The predicted octanol–water partition coefficient (Wildman–Crippen LogP) is 2.27. The highest BCUT2D eigenvalue weighted by atomic mass is 127. The van der Waals surface area contributed by atoms with Crippen LogP contribution in [0, 0.1) is 16.3 Å². The lowest BCUT2D eigenvalue weighted by Crippen LogP contribution is -2.28. The summed E-state index contributed by atoms with van der Waals surface area (Å²) in [5.41, 5.74) is 0.0848. The molecule has 142 valence electrons. The van der Waals surface area contributed by atoms with Crippen molar-refractivity contribution < 1.29 is 9.50 Å². The molecule has 3 aromatic rings. The summed E-state index contributed by atoms with van der Waals surface area (Å²) in [6.45, 7) is 1.83. The van der Waals surface area contributed by atoms with E-state index >= 15 is 0 Å². The summed E-state index contributed by atoms with van der Waals surface area (Å²) in [4.78, 5) is 29.8. The Labute approximate surface area is 167 Å². The fraction of sp³-hybridized carbons (Fsp3) is 0.278. The third-order valence-electron chi connectivity index (χ3n) is 4.33. The Morgan fingerprint density at radius 2 is 2.04 bits per heavy atom. The second-order valence-electron chi connectivity index (χ2n) is 6.13. The lowest BCUT2D eigenvalue weighted by Gasteiger charge is -2.16. The van der Waals surface area contributed by atoms with Gasteiger partial charge in [0.2, 0.25) is 0 Å². The van der Waals surface area contributed by atoms with E-state index in [9.17, 15) is 14.0 Å². The average Bonchev–Trinajstić information content (AvgIpc) is 2.64. The maximum Gasteiger partial charge on any atom is 0.264 e. The van der Waals surface area contributed by atoms with Gasteiger partial charge in [-0.1, -0.05) is 0 Å². The molecule has 27 heavy (non-hydrogen) atoms. The first kappa shape index (κ1) is 19.5. The van der Waals surface area contributed by atoms with Gasteiger partial charge in [0.05, 0.1) is 17.5 Å². The Hall–Kier alpha value is -2.27. The number of fused-ring (bicyclic) bond motifs is 1. The first-order valence-electron chi connectivity index (χ1n) is 8.26. The molecule has 0 aliphatic heterocycles. The van der Waals surface area contributed by atoms with E-state index in [0.29, 0.717) is 12.0 Å². The van der Waals surface area contributed by atoms with Crippen molar-refractivity contribution in [2.75, 3.05) is 11.9 Å². The molecule has 0 amide bonds. The average molecular weight is 484 g/mol. The highest BCUT2D eigenvalue weighted by Gasteiger charge is 2.18. The summed E-state index contributed by atoms with van der Waals surface area (Å²) >= 11 is 2.00. The number of aromatic nitrogens is 3. The van der Waals surface area contributed by atoms with Gasteiger partial charge in [0.15, 0.2) is 0 Å². The molecule has 0 saturated carbocycles. The minimum atomic E-state index is -0.493. The monoisotopic (exact) mass is 484 g/mol. The number of benzene rings is 1. The zero-order chi connectivity index (χ0) is 19.7. The van der Waals surface area contributed by atoms with Crippen molar-refractivity contribution in [2.45, 2.75) is 19.9 Å². The van der Waals surface area contributed by atoms with Crippen LogP contribution in [0.4, 0.5) is 15.9 Å². The maximum absolute atomic E-state index is 14.3. The molecule has 7 nitrogen and oxygen atoms in total. The molecule has 2 N–H and O–H groups in total. The molecule has 0 saturated heterocycles. The third-order valence-corrected chi connectivity index (χ3v) is 5.00. The van der Waals surface area contributed by atoms with Gasteiger partial charge in [-0.05, 0) is 54.1 Å².